The van der Waals surface area contributed by atoms with E-state index in [1.165, 1.54) is 12.1 Å². The highest BCUT2D eigenvalue weighted by atomic mass is 19.1. The minimum atomic E-state index is -0.350. The molecule has 1 amide bonds. The maximum absolute atomic E-state index is 13.6. The van der Waals surface area contributed by atoms with E-state index in [0.29, 0.717) is 36.7 Å². The largest absolute Gasteiger partial charge is 0.472 e. The first-order valence-corrected chi connectivity index (χ1v) is 12.2. The van der Waals surface area contributed by atoms with Crippen molar-refractivity contribution < 1.29 is 19.0 Å². The number of fused-ring (bicyclic) bond motifs is 1. The lowest BCUT2D eigenvalue weighted by atomic mass is 9.99. The zero-order valence-corrected chi connectivity index (χ0v) is 21.3. The van der Waals surface area contributed by atoms with E-state index >= 15 is 0 Å². The molecule has 0 aliphatic carbocycles. The third-order valence-corrected chi connectivity index (χ3v) is 6.10. The minimum absolute atomic E-state index is 0.0247. The van der Waals surface area contributed by atoms with Gasteiger partial charge in [0, 0.05) is 43.7 Å². The minimum Gasteiger partial charge on any atom is -0.472 e. The fourth-order valence-electron chi connectivity index (χ4n) is 4.06. The lowest BCUT2D eigenvalue weighted by Gasteiger charge is -2.37. The van der Waals surface area contributed by atoms with Gasteiger partial charge in [0.15, 0.2) is 0 Å². The normalized spacial score (nSPS) is 18.9. The van der Waals surface area contributed by atoms with E-state index in [0.717, 1.165) is 12.0 Å². The van der Waals surface area contributed by atoms with Gasteiger partial charge in [0.25, 0.3) is 5.91 Å². The van der Waals surface area contributed by atoms with Crippen LogP contribution in [0.3, 0.4) is 0 Å². The Kier molecular flexibility index (Phi) is 9.25. The van der Waals surface area contributed by atoms with E-state index in [9.17, 15) is 14.3 Å². The number of ether oxygens (including phenoxy) is 1. The van der Waals surface area contributed by atoms with Crippen LogP contribution in [0.1, 0.15) is 55.6 Å². The summed E-state index contributed by atoms with van der Waals surface area (Å²) in [6.45, 7) is 9.48. The van der Waals surface area contributed by atoms with Crippen molar-refractivity contribution in [2.75, 3.05) is 26.7 Å². The van der Waals surface area contributed by atoms with E-state index < -0.39 is 0 Å². The molecule has 0 fully saturated rings. The molecule has 188 valence electrons. The monoisotopic (exact) mass is 481 g/mol. The lowest BCUT2D eigenvalue weighted by molar-refractivity contribution is 0.0325. The summed E-state index contributed by atoms with van der Waals surface area (Å²) in [6, 6.07) is 7.94. The fourth-order valence-corrected chi connectivity index (χ4v) is 4.06. The number of likely N-dealkylation sites (N-methyl/N-ethyl adjacent to an activating group) is 1. The molecule has 0 unspecified atom stereocenters. The number of pyridine rings is 1. The number of nitrogens with zero attached hydrogens (tertiary/aromatic N) is 3. The molecule has 35 heavy (non-hydrogen) atoms. The molecule has 3 atom stereocenters. The summed E-state index contributed by atoms with van der Waals surface area (Å²) in [5, 5.41) is 9.82. The molecular formula is C28H36FN3O3. The summed E-state index contributed by atoms with van der Waals surface area (Å²) < 4.78 is 19.9. The van der Waals surface area contributed by atoms with Crippen LogP contribution in [0.25, 0.3) is 0 Å². The third kappa shape index (κ3) is 7.27. The molecule has 0 bridgehead atoms. The second-order valence-electron chi connectivity index (χ2n) is 9.93. The average Bonchev–Trinajstić information content (AvgIpc) is 2.81. The van der Waals surface area contributed by atoms with Crippen LogP contribution in [0.5, 0.6) is 5.88 Å². The highest BCUT2D eigenvalue weighted by Crippen LogP contribution is 2.27. The number of hydrogen-bond acceptors (Lipinski definition) is 5. The van der Waals surface area contributed by atoms with Crippen molar-refractivity contribution in [1.29, 1.82) is 0 Å². The summed E-state index contributed by atoms with van der Waals surface area (Å²) in [5.74, 6) is 6.46. The van der Waals surface area contributed by atoms with Gasteiger partial charge in [-0.3, -0.25) is 9.69 Å². The number of aliphatic hydroxyl groups excluding tert-OH is 1. The van der Waals surface area contributed by atoms with Gasteiger partial charge in [-0.15, -0.1) is 0 Å². The smallest absolute Gasteiger partial charge is 0.259 e. The number of hydrogen-bond donors (Lipinski definition) is 1. The zero-order chi connectivity index (χ0) is 25.5. The van der Waals surface area contributed by atoms with Gasteiger partial charge in [0.05, 0.1) is 12.6 Å². The molecule has 0 saturated heterocycles. The first-order chi connectivity index (χ1) is 16.7. The van der Waals surface area contributed by atoms with Gasteiger partial charge < -0.3 is 14.7 Å². The van der Waals surface area contributed by atoms with Gasteiger partial charge in [-0.25, -0.2) is 9.37 Å². The van der Waals surface area contributed by atoms with Gasteiger partial charge >= 0.3 is 0 Å². The quantitative estimate of drug-likeness (QED) is 0.607. The number of benzene rings is 1. The predicted molar refractivity (Wildman–Crippen MR) is 134 cm³/mol. The van der Waals surface area contributed by atoms with E-state index in [-0.39, 0.29) is 42.3 Å². The van der Waals surface area contributed by atoms with E-state index in [4.69, 9.17) is 4.74 Å². The van der Waals surface area contributed by atoms with Crippen LogP contribution in [-0.2, 0) is 6.54 Å². The number of amides is 1. The molecule has 6 nitrogen and oxygen atoms in total. The average molecular weight is 482 g/mol. The van der Waals surface area contributed by atoms with Crippen molar-refractivity contribution in [3.05, 3.63) is 59.0 Å². The number of aliphatic hydroxyl groups is 1. The zero-order valence-electron chi connectivity index (χ0n) is 21.3. The van der Waals surface area contributed by atoms with Crippen molar-refractivity contribution in [2.24, 2.45) is 11.8 Å². The van der Waals surface area contributed by atoms with E-state index in [2.05, 4.69) is 35.6 Å². The number of carbonyl (C=O) groups is 1. The van der Waals surface area contributed by atoms with Gasteiger partial charge in [0.2, 0.25) is 5.88 Å². The van der Waals surface area contributed by atoms with E-state index in [1.54, 1.807) is 23.2 Å². The Morgan fingerprint density at radius 1 is 1.31 bits per heavy atom. The first-order valence-electron chi connectivity index (χ1n) is 12.2. The number of halogens is 1. The lowest BCUT2D eigenvalue weighted by Crippen LogP contribution is -2.49. The van der Waals surface area contributed by atoms with Gasteiger partial charge in [-0.2, -0.15) is 0 Å². The molecule has 1 aromatic carbocycles. The number of carbonyl (C=O) groups excluding carboxylic acids is 1. The highest BCUT2D eigenvalue weighted by molar-refractivity contribution is 5.97. The van der Waals surface area contributed by atoms with Crippen molar-refractivity contribution in [2.45, 2.75) is 52.8 Å². The maximum atomic E-state index is 13.6. The molecule has 2 aromatic rings. The van der Waals surface area contributed by atoms with Crippen molar-refractivity contribution in [3.63, 3.8) is 0 Å². The van der Waals surface area contributed by atoms with Crippen molar-refractivity contribution in [1.82, 2.24) is 14.8 Å². The molecule has 1 aliphatic heterocycles. The number of aromatic nitrogens is 1. The molecule has 1 aromatic heterocycles. The molecule has 0 radical (unpaired) electrons. The molecule has 1 aliphatic rings. The molecule has 7 heteroatoms. The van der Waals surface area contributed by atoms with Crippen LogP contribution >= 0.6 is 0 Å². The van der Waals surface area contributed by atoms with Gasteiger partial charge in [0.1, 0.15) is 17.5 Å². The molecule has 0 spiro atoms. The molecule has 0 saturated carbocycles. The Morgan fingerprint density at radius 3 is 2.77 bits per heavy atom. The molecule has 3 rings (SSSR count). The van der Waals surface area contributed by atoms with Crippen LogP contribution in [0.4, 0.5) is 4.39 Å². The Bertz CT molecular complexity index is 1080. The fraction of sp³-hybridized carbons (Fsp3) is 0.500. The topological polar surface area (TPSA) is 65.9 Å². The van der Waals surface area contributed by atoms with Crippen molar-refractivity contribution >= 4 is 5.91 Å². The van der Waals surface area contributed by atoms with Gasteiger partial charge in [-0.1, -0.05) is 44.7 Å². The summed E-state index contributed by atoms with van der Waals surface area (Å²) in [7, 11) is 1.96. The summed E-state index contributed by atoms with van der Waals surface area (Å²) in [6.07, 6.45) is 2.13. The summed E-state index contributed by atoms with van der Waals surface area (Å²) >= 11 is 0. The Balaban J connectivity index is 1.89. The van der Waals surface area contributed by atoms with Crippen LogP contribution in [0.15, 0.2) is 36.5 Å². The maximum Gasteiger partial charge on any atom is 0.259 e. The second-order valence-corrected chi connectivity index (χ2v) is 9.93. The highest BCUT2D eigenvalue weighted by Gasteiger charge is 2.34. The molecule has 2 heterocycles. The Hall–Kier alpha value is -2.95. The van der Waals surface area contributed by atoms with Crippen LogP contribution in [-0.4, -0.2) is 64.7 Å². The van der Waals surface area contributed by atoms with Crippen LogP contribution in [0.2, 0.25) is 0 Å². The van der Waals surface area contributed by atoms with Crippen LogP contribution < -0.4 is 4.74 Å². The third-order valence-electron chi connectivity index (χ3n) is 6.10. The predicted octanol–water partition coefficient (Wildman–Crippen LogP) is 3.97. The SMILES string of the molecule is CC(C)CC#Cc1cnc2c(c1)C(=O)N([C@@H](C)CO)C[C@@H](C)[C@H](CN(C)Cc1cccc(F)c1)O2. The Labute approximate surface area is 208 Å². The first kappa shape index (κ1) is 26.7. The number of rotatable bonds is 7. The van der Waals surface area contributed by atoms with Crippen LogP contribution in [0, 0.1) is 29.5 Å². The van der Waals surface area contributed by atoms with Crippen molar-refractivity contribution in [3.8, 4) is 17.7 Å². The second kappa shape index (κ2) is 12.1. The standard InChI is InChI=1S/C28H36FN3O3/c1-19(2)8-6-9-22-13-25-27(30-14-22)35-26(20(3)15-32(28(25)34)21(4)18-33)17-31(5)16-23-10-7-11-24(29)12-23/h7,10-14,19-21,26,33H,8,15-18H2,1-5H3/t20-,21+,26+/m1/s1. The summed E-state index contributed by atoms with van der Waals surface area (Å²) in [4.78, 5) is 21.7. The summed E-state index contributed by atoms with van der Waals surface area (Å²) in [5.41, 5.74) is 1.89. The van der Waals surface area contributed by atoms with Gasteiger partial charge in [-0.05, 0) is 43.7 Å². The molecule has 1 N–H and O–H groups in total. The Morgan fingerprint density at radius 2 is 2.09 bits per heavy atom. The molecular weight excluding hydrogens is 445 g/mol. The van der Waals surface area contributed by atoms with E-state index in [1.807, 2.05) is 27.0 Å².